The van der Waals surface area contributed by atoms with E-state index in [1.165, 1.54) is 12.8 Å². The standard InChI is InChI=1S/C14H29N5O3S/c1-13-5-2-6-17(13)7-3-8-18-10-11-19(9-4-12-20)14(18)16-23(15,21)22/h13,20H,2-12H2,1H3,(H2,15,21,22). The van der Waals surface area contributed by atoms with Crippen molar-refractivity contribution in [3.63, 3.8) is 0 Å². The number of aliphatic hydroxyl groups is 1. The van der Waals surface area contributed by atoms with E-state index in [1.54, 1.807) is 0 Å². The summed E-state index contributed by atoms with van der Waals surface area (Å²) in [4.78, 5) is 6.36. The molecule has 0 aromatic carbocycles. The quantitative estimate of drug-likeness (QED) is 0.609. The van der Waals surface area contributed by atoms with E-state index in [0.29, 0.717) is 31.5 Å². The van der Waals surface area contributed by atoms with Crippen LogP contribution in [-0.4, -0.2) is 86.1 Å². The van der Waals surface area contributed by atoms with Crippen molar-refractivity contribution in [3.8, 4) is 0 Å². The third-order valence-corrected chi connectivity index (χ3v) is 4.98. The van der Waals surface area contributed by atoms with Crippen LogP contribution in [0, 0.1) is 0 Å². The van der Waals surface area contributed by atoms with Crippen LogP contribution in [0.25, 0.3) is 0 Å². The summed E-state index contributed by atoms with van der Waals surface area (Å²) in [6.07, 6.45) is 4.08. The lowest BCUT2D eigenvalue weighted by Crippen LogP contribution is -2.38. The number of likely N-dealkylation sites (tertiary alicyclic amines) is 1. The lowest BCUT2D eigenvalue weighted by molar-refractivity contribution is 0.255. The molecule has 0 saturated carbocycles. The van der Waals surface area contributed by atoms with Gasteiger partial charge in [0.1, 0.15) is 0 Å². The smallest absolute Gasteiger partial charge is 0.320 e. The third kappa shape index (κ3) is 5.59. The molecular weight excluding hydrogens is 318 g/mol. The Balaban J connectivity index is 1.92. The van der Waals surface area contributed by atoms with Gasteiger partial charge >= 0.3 is 10.2 Å². The highest BCUT2D eigenvalue weighted by atomic mass is 32.2. The predicted molar refractivity (Wildman–Crippen MR) is 90.3 cm³/mol. The van der Waals surface area contributed by atoms with Gasteiger partial charge in [0.25, 0.3) is 0 Å². The van der Waals surface area contributed by atoms with Crippen LogP contribution in [0.4, 0.5) is 0 Å². The molecule has 0 radical (unpaired) electrons. The van der Waals surface area contributed by atoms with Gasteiger partial charge in [0, 0.05) is 45.4 Å². The lowest BCUT2D eigenvalue weighted by Gasteiger charge is -2.25. The first-order chi connectivity index (χ1) is 10.9. The maximum atomic E-state index is 11.4. The van der Waals surface area contributed by atoms with E-state index in [1.807, 2.05) is 9.80 Å². The average molecular weight is 347 g/mol. The number of hydrogen-bond donors (Lipinski definition) is 2. The lowest BCUT2D eigenvalue weighted by atomic mass is 10.2. The van der Waals surface area contributed by atoms with Crippen LogP contribution < -0.4 is 5.14 Å². The molecule has 2 aliphatic heterocycles. The fraction of sp³-hybridized carbons (Fsp3) is 0.929. The Morgan fingerprint density at radius 3 is 2.35 bits per heavy atom. The molecule has 134 valence electrons. The highest BCUT2D eigenvalue weighted by Crippen LogP contribution is 2.17. The molecule has 23 heavy (non-hydrogen) atoms. The Bertz CT molecular complexity index is 511. The molecule has 1 unspecified atom stereocenters. The molecule has 1 atom stereocenters. The summed E-state index contributed by atoms with van der Waals surface area (Å²) in [5.74, 6) is 0.426. The van der Waals surface area contributed by atoms with E-state index in [-0.39, 0.29) is 6.61 Å². The first-order valence-electron chi connectivity index (χ1n) is 8.38. The largest absolute Gasteiger partial charge is 0.396 e. The predicted octanol–water partition coefficient (Wildman–Crippen LogP) is -0.580. The molecule has 3 N–H and O–H groups in total. The van der Waals surface area contributed by atoms with E-state index < -0.39 is 10.2 Å². The fourth-order valence-electron chi connectivity index (χ4n) is 3.35. The summed E-state index contributed by atoms with van der Waals surface area (Å²) < 4.78 is 26.4. The van der Waals surface area contributed by atoms with Crippen molar-refractivity contribution in [2.45, 2.75) is 38.6 Å². The van der Waals surface area contributed by atoms with Crippen LogP contribution in [0.3, 0.4) is 0 Å². The van der Waals surface area contributed by atoms with Gasteiger partial charge in [-0.15, -0.1) is 4.40 Å². The first-order valence-corrected chi connectivity index (χ1v) is 9.88. The minimum Gasteiger partial charge on any atom is -0.396 e. The Hall–Kier alpha value is -0.900. The van der Waals surface area contributed by atoms with Crippen LogP contribution in [0.1, 0.15) is 32.6 Å². The number of aliphatic hydroxyl groups excluding tert-OH is 1. The van der Waals surface area contributed by atoms with Crippen LogP contribution in [0.5, 0.6) is 0 Å². The van der Waals surface area contributed by atoms with Gasteiger partial charge in [-0.05, 0) is 39.2 Å². The van der Waals surface area contributed by atoms with Crippen molar-refractivity contribution in [2.75, 3.05) is 45.9 Å². The van der Waals surface area contributed by atoms with Crippen molar-refractivity contribution in [2.24, 2.45) is 9.54 Å². The van der Waals surface area contributed by atoms with Gasteiger partial charge in [0.05, 0.1) is 0 Å². The summed E-state index contributed by atoms with van der Waals surface area (Å²) in [5.41, 5.74) is 0. The van der Waals surface area contributed by atoms with Crippen molar-refractivity contribution >= 4 is 16.2 Å². The minimum atomic E-state index is -3.92. The molecule has 2 fully saturated rings. The summed E-state index contributed by atoms with van der Waals surface area (Å²) in [6.45, 7) is 7.33. The first kappa shape index (κ1) is 18.4. The fourth-order valence-corrected chi connectivity index (χ4v) is 3.80. The topological polar surface area (TPSA) is 102 Å². The van der Waals surface area contributed by atoms with Crippen molar-refractivity contribution in [3.05, 3.63) is 0 Å². The third-order valence-electron chi connectivity index (χ3n) is 4.56. The SMILES string of the molecule is CC1CCCN1CCCN1CCN(CCCO)C1=NS(N)(=O)=O. The highest BCUT2D eigenvalue weighted by molar-refractivity contribution is 7.88. The van der Waals surface area contributed by atoms with Crippen LogP contribution in [0.15, 0.2) is 4.40 Å². The van der Waals surface area contributed by atoms with Gasteiger partial charge in [0.15, 0.2) is 0 Å². The second-order valence-corrected chi connectivity index (χ2v) is 7.55. The molecule has 0 amide bonds. The Kier molecular flexibility index (Phi) is 6.63. The molecule has 0 aromatic heterocycles. The number of guanidine groups is 1. The summed E-state index contributed by atoms with van der Waals surface area (Å²) in [6, 6.07) is 0.646. The monoisotopic (exact) mass is 347 g/mol. The summed E-state index contributed by atoms with van der Waals surface area (Å²) in [5, 5.41) is 14.1. The van der Waals surface area contributed by atoms with Crippen molar-refractivity contribution in [1.29, 1.82) is 0 Å². The normalized spacial score (nSPS) is 25.0. The second kappa shape index (κ2) is 8.27. The van der Waals surface area contributed by atoms with E-state index in [9.17, 15) is 8.42 Å². The van der Waals surface area contributed by atoms with Crippen LogP contribution in [0.2, 0.25) is 0 Å². The van der Waals surface area contributed by atoms with Gasteiger partial charge in [0.2, 0.25) is 5.96 Å². The van der Waals surface area contributed by atoms with Gasteiger partial charge in [-0.3, -0.25) is 0 Å². The minimum absolute atomic E-state index is 0.0754. The molecule has 0 aromatic rings. The number of hydrogen-bond acceptors (Lipinski definition) is 4. The van der Waals surface area contributed by atoms with E-state index in [0.717, 1.165) is 32.6 Å². The van der Waals surface area contributed by atoms with E-state index >= 15 is 0 Å². The molecule has 0 spiro atoms. The zero-order valence-electron chi connectivity index (χ0n) is 13.9. The molecule has 9 heteroatoms. The molecule has 8 nitrogen and oxygen atoms in total. The summed E-state index contributed by atoms with van der Waals surface area (Å²) in [7, 11) is -3.92. The molecule has 2 heterocycles. The molecule has 2 rings (SSSR count). The Morgan fingerprint density at radius 2 is 1.83 bits per heavy atom. The van der Waals surface area contributed by atoms with Gasteiger partial charge in [-0.1, -0.05) is 0 Å². The van der Waals surface area contributed by atoms with Gasteiger partial charge in [-0.2, -0.15) is 8.42 Å². The Labute approximate surface area is 139 Å². The molecule has 2 aliphatic rings. The number of nitrogens with zero attached hydrogens (tertiary/aromatic N) is 4. The van der Waals surface area contributed by atoms with Crippen LogP contribution in [-0.2, 0) is 10.2 Å². The Morgan fingerprint density at radius 1 is 1.17 bits per heavy atom. The van der Waals surface area contributed by atoms with Crippen LogP contribution >= 0.6 is 0 Å². The molecule has 2 saturated heterocycles. The van der Waals surface area contributed by atoms with E-state index in [2.05, 4.69) is 16.2 Å². The summed E-state index contributed by atoms with van der Waals surface area (Å²) >= 11 is 0. The van der Waals surface area contributed by atoms with Crippen molar-refractivity contribution < 1.29 is 13.5 Å². The van der Waals surface area contributed by atoms with E-state index in [4.69, 9.17) is 10.2 Å². The maximum Gasteiger partial charge on any atom is 0.320 e. The second-order valence-electron chi connectivity index (χ2n) is 6.34. The molecule has 0 aliphatic carbocycles. The average Bonchev–Trinajstić information content (AvgIpc) is 3.03. The van der Waals surface area contributed by atoms with Crippen molar-refractivity contribution in [1.82, 2.24) is 14.7 Å². The zero-order valence-corrected chi connectivity index (χ0v) is 14.7. The van der Waals surface area contributed by atoms with Gasteiger partial charge in [-0.25, -0.2) is 5.14 Å². The number of nitrogens with two attached hydrogens (primary N) is 1. The highest BCUT2D eigenvalue weighted by Gasteiger charge is 2.28. The zero-order chi connectivity index (χ0) is 16.9. The molecular formula is C14H29N5O3S. The number of rotatable bonds is 8. The molecule has 0 bridgehead atoms. The maximum absolute atomic E-state index is 11.4. The van der Waals surface area contributed by atoms with Gasteiger partial charge < -0.3 is 19.8 Å².